The molecule has 0 aromatic carbocycles. The smallest absolute Gasteiger partial charge is 0.138 e. The van der Waals surface area contributed by atoms with Gasteiger partial charge in [0.1, 0.15) is 5.76 Å². The van der Waals surface area contributed by atoms with Crippen LogP contribution in [0.1, 0.15) is 37.3 Å². The molecule has 0 radical (unpaired) electrons. The lowest BCUT2D eigenvalue weighted by atomic mass is 9.79. The van der Waals surface area contributed by atoms with Crippen LogP contribution >= 0.6 is 12.4 Å². The van der Waals surface area contributed by atoms with E-state index >= 15 is 0 Å². The van der Waals surface area contributed by atoms with Gasteiger partial charge in [-0.15, -0.1) is 12.4 Å². The van der Waals surface area contributed by atoms with Gasteiger partial charge in [0.25, 0.3) is 0 Å². The molecule has 1 saturated heterocycles. The molecule has 4 nitrogen and oxygen atoms in total. The minimum absolute atomic E-state index is 0. The first kappa shape index (κ1) is 15.5. The van der Waals surface area contributed by atoms with Gasteiger partial charge in [-0.2, -0.15) is 0 Å². The summed E-state index contributed by atoms with van der Waals surface area (Å²) in [5, 5.41) is 4.01. The average molecular weight is 274 g/mol. The Morgan fingerprint density at radius 3 is 2.61 bits per heavy atom. The molecule has 0 spiro atoms. The van der Waals surface area contributed by atoms with E-state index in [0.29, 0.717) is 6.04 Å². The van der Waals surface area contributed by atoms with Crippen LogP contribution in [0.5, 0.6) is 0 Å². The Labute approximate surface area is 115 Å². The Balaban J connectivity index is 0.00000162. The van der Waals surface area contributed by atoms with Crippen LogP contribution in [-0.2, 0) is 6.54 Å². The number of hydrogen-bond acceptors (Lipinski definition) is 4. The summed E-state index contributed by atoms with van der Waals surface area (Å²) < 4.78 is 5.21. The highest BCUT2D eigenvalue weighted by Crippen LogP contribution is 2.29. The van der Waals surface area contributed by atoms with E-state index in [2.05, 4.69) is 23.9 Å². The van der Waals surface area contributed by atoms with Gasteiger partial charge in [-0.3, -0.25) is 4.90 Å². The van der Waals surface area contributed by atoms with Gasteiger partial charge in [0.2, 0.25) is 0 Å². The molecular weight excluding hydrogens is 250 g/mol. The van der Waals surface area contributed by atoms with E-state index in [0.717, 1.165) is 37.5 Å². The normalized spacial score (nSPS) is 23.7. The van der Waals surface area contributed by atoms with E-state index < -0.39 is 0 Å². The second kappa shape index (κ2) is 5.59. The molecule has 1 aliphatic rings. The van der Waals surface area contributed by atoms with Crippen LogP contribution in [-0.4, -0.2) is 29.2 Å². The maximum atomic E-state index is 6.15. The van der Waals surface area contributed by atoms with Crippen LogP contribution in [0.2, 0.25) is 0 Å². The summed E-state index contributed by atoms with van der Waals surface area (Å²) in [5.41, 5.74) is 8.58. The zero-order valence-corrected chi connectivity index (χ0v) is 12.5. The van der Waals surface area contributed by atoms with Gasteiger partial charge in [0, 0.05) is 31.2 Å². The molecule has 0 amide bonds. The molecule has 2 N–H and O–H groups in total. The van der Waals surface area contributed by atoms with Crippen LogP contribution < -0.4 is 5.73 Å². The molecule has 5 heteroatoms. The molecular formula is C13H24ClN3O. The van der Waals surface area contributed by atoms with Gasteiger partial charge in [-0.1, -0.05) is 19.0 Å². The fourth-order valence-electron chi connectivity index (χ4n) is 2.57. The summed E-state index contributed by atoms with van der Waals surface area (Å²) in [6.07, 6.45) is 1.07. The Kier molecular flexibility index (Phi) is 4.81. The summed E-state index contributed by atoms with van der Waals surface area (Å²) in [5.74, 6) is 0.940. The SMILES string of the molecule is Cc1noc(C)c1CN1CCC(N)C(C)(C)C1.Cl. The number of piperidine rings is 1. The van der Waals surface area contributed by atoms with E-state index in [4.69, 9.17) is 10.3 Å². The molecule has 1 atom stereocenters. The van der Waals surface area contributed by atoms with Crippen molar-refractivity contribution in [3.63, 3.8) is 0 Å². The molecule has 18 heavy (non-hydrogen) atoms. The highest BCUT2D eigenvalue weighted by Gasteiger charge is 2.33. The predicted molar refractivity (Wildman–Crippen MR) is 74.9 cm³/mol. The second-order valence-electron chi connectivity index (χ2n) is 5.90. The zero-order chi connectivity index (χ0) is 12.6. The highest BCUT2D eigenvalue weighted by molar-refractivity contribution is 5.85. The highest BCUT2D eigenvalue weighted by atomic mass is 35.5. The summed E-state index contributed by atoms with van der Waals surface area (Å²) in [7, 11) is 0. The van der Waals surface area contributed by atoms with Gasteiger partial charge >= 0.3 is 0 Å². The molecule has 2 rings (SSSR count). The molecule has 1 unspecified atom stereocenters. The number of likely N-dealkylation sites (tertiary alicyclic amines) is 1. The van der Waals surface area contributed by atoms with E-state index in [1.165, 1.54) is 5.56 Å². The molecule has 0 aliphatic carbocycles. The fourth-order valence-corrected chi connectivity index (χ4v) is 2.57. The Hall–Kier alpha value is -0.580. The number of hydrogen-bond donors (Lipinski definition) is 1. The van der Waals surface area contributed by atoms with Crippen molar-refractivity contribution in [3.8, 4) is 0 Å². The monoisotopic (exact) mass is 273 g/mol. The van der Waals surface area contributed by atoms with Gasteiger partial charge in [0.15, 0.2) is 0 Å². The van der Waals surface area contributed by atoms with Crippen molar-refractivity contribution < 1.29 is 4.52 Å². The molecule has 1 aliphatic heterocycles. The third kappa shape index (κ3) is 3.05. The Morgan fingerprint density at radius 1 is 1.44 bits per heavy atom. The third-order valence-corrected chi connectivity index (χ3v) is 3.95. The number of aromatic nitrogens is 1. The van der Waals surface area contributed by atoms with Crippen LogP contribution in [0.25, 0.3) is 0 Å². The Morgan fingerprint density at radius 2 is 2.11 bits per heavy atom. The summed E-state index contributed by atoms with van der Waals surface area (Å²) in [6.45, 7) is 11.5. The summed E-state index contributed by atoms with van der Waals surface area (Å²) in [4.78, 5) is 2.45. The number of aryl methyl sites for hydroxylation is 2. The number of nitrogens with zero attached hydrogens (tertiary/aromatic N) is 2. The van der Waals surface area contributed by atoms with Crippen molar-refractivity contribution in [2.45, 2.75) is 46.7 Å². The van der Waals surface area contributed by atoms with Crippen molar-refractivity contribution >= 4 is 12.4 Å². The molecule has 104 valence electrons. The first-order chi connectivity index (χ1) is 7.90. The first-order valence-electron chi connectivity index (χ1n) is 6.30. The minimum Gasteiger partial charge on any atom is -0.361 e. The molecule has 0 bridgehead atoms. The number of halogens is 1. The Bertz CT molecular complexity index is 383. The number of rotatable bonds is 2. The van der Waals surface area contributed by atoms with Crippen molar-refractivity contribution in [2.24, 2.45) is 11.1 Å². The first-order valence-corrected chi connectivity index (χ1v) is 6.30. The van der Waals surface area contributed by atoms with Crippen molar-refractivity contribution in [1.29, 1.82) is 0 Å². The van der Waals surface area contributed by atoms with Crippen LogP contribution in [0.4, 0.5) is 0 Å². The molecule has 1 fully saturated rings. The summed E-state index contributed by atoms with van der Waals surface area (Å²) >= 11 is 0. The lowest BCUT2D eigenvalue weighted by Crippen LogP contribution is -2.52. The van der Waals surface area contributed by atoms with Gasteiger partial charge in [-0.05, 0) is 25.7 Å². The lowest BCUT2D eigenvalue weighted by molar-refractivity contribution is 0.0894. The van der Waals surface area contributed by atoms with Crippen LogP contribution in [0, 0.1) is 19.3 Å². The quantitative estimate of drug-likeness (QED) is 0.898. The zero-order valence-electron chi connectivity index (χ0n) is 11.7. The van der Waals surface area contributed by atoms with Crippen LogP contribution in [0.3, 0.4) is 0 Å². The average Bonchev–Trinajstić information content (AvgIpc) is 2.55. The summed E-state index contributed by atoms with van der Waals surface area (Å²) in [6, 6.07) is 0.309. The minimum atomic E-state index is 0. The fraction of sp³-hybridized carbons (Fsp3) is 0.769. The van der Waals surface area contributed by atoms with Crippen LogP contribution in [0.15, 0.2) is 4.52 Å². The number of nitrogens with two attached hydrogens (primary N) is 1. The van der Waals surface area contributed by atoms with E-state index in [9.17, 15) is 0 Å². The maximum absolute atomic E-state index is 6.15. The van der Waals surface area contributed by atoms with E-state index in [1.807, 2.05) is 13.8 Å². The van der Waals surface area contributed by atoms with E-state index in [-0.39, 0.29) is 17.8 Å². The topological polar surface area (TPSA) is 55.3 Å². The standard InChI is InChI=1S/C13H23N3O.ClH/c1-9-11(10(2)17-15-9)7-16-6-5-12(14)13(3,4)8-16;/h12H,5-8,14H2,1-4H3;1H. The van der Waals surface area contributed by atoms with Gasteiger partial charge in [0.05, 0.1) is 5.69 Å². The largest absolute Gasteiger partial charge is 0.361 e. The molecule has 2 heterocycles. The predicted octanol–water partition coefficient (Wildman–Crippen LogP) is 2.27. The lowest BCUT2D eigenvalue weighted by Gasteiger charge is -2.42. The molecule has 1 aromatic rings. The second-order valence-corrected chi connectivity index (χ2v) is 5.90. The van der Waals surface area contributed by atoms with E-state index in [1.54, 1.807) is 0 Å². The van der Waals surface area contributed by atoms with Gasteiger partial charge in [-0.25, -0.2) is 0 Å². The maximum Gasteiger partial charge on any atom is 0.138 e. The molecule has 0 saturated carbocycles. The third-order valence-electron chi connectivity index (χ3n) is 3.95. The van der Waals surface area contributed by atoms with Crippen molar-refractivity contribution in [1.82, 2.24) is 10.1 Å². The van der Waals surface area contributed by atoms with Crippen molar-refractivity contribution in [3.05, 3.63) is 17.0 Å². The van der Waals surface area contributed by atoms with Crippen molar-refractivity contribution in [2.75, 3.05) is 13.1 Å². The molecule has 1 aromatic heterocycles. The van der Waals surface area contributed by atoms with Gasteiger partial charge < -0.3 is 10.3 Å².